The largest absolute Gasteiger partial charge is 0.418 e. The van der Waals surface area contributed by atoms with E-state index in [-0.39, 0.29) is 12.1 Å². The van der Waals surface area contributed by atoms with Gasteiger partial charge in [0, 0.05) is 12.6 Å². The van der Waals surface area contributed by atoms with Crippen molar-refractivity contribution in [1.82, 2.24) is 4.98 Å². The lowest BCUT2D eigenvalue weighted by atomic mass is 10.1. The molecule has 0 N–H and O–H groups in total. The number of allylic oxidation sites excluding steroid dienone is 1. The first-order chi connectivity index (χ1) is 7.05. The highest BCUT2D eigenvalue weighted by atomic mass is 19.4. The van der Waals surface area contributed by atoms with Crippen LogP contribution >= 0.6 is 0 Å². The van der Waals surface area contributed by atoms with Gasteiger partial charge in [-0.05, 0) is 18.2 Å². The molecule has 0 atom stereocenters. The van der Waals surface area contributed by atoms with Crippen molar-refractivity contribution < 1.29 is 18.0 Å². The molecule has 0 radical (unpaired) electrons. The lowest BCUT2D eigenvalue weighted by Gasteiger charge is -2.08. The van der Waals surface area contributed by atoms with Crippen molar-refractivity contribution in [3.05, 3.63) is 35.7 Å². The van der Waals surface area contributed by atoms with Gasteiger partial charge in [-0.3, -0.25) is 4.98 Å². The zero-order valence-electron chi connectivity index (χ0n) is 7.66. The fourth-order valence-corrected chi connectivity index (χ4v) is 1.03. The Bertz CT molecular complexity index is 371. The van der Waals surface area contributed by atoms with Gasteiger partial charge < -0.3 is 4.79 Å². The summed E-state index contributed by atoms with van der Waals surface area (Å²) in [5.41, 5.74) is -0.973. The normalized spacial score (nSPS) is 11.9. The van der Waals surface area contributed by atoms with Crippen LogP contribution in [0.1, 0.15) is 17.7 Å². The summed E-state index contributed by atoms with van der Waals surface area (Å²) >= 11 is 0. The molecule has 0 fully saturated rings. The molecule has 1 aromatic rings. The molecule has 0 saturated carbocycles. The Balaban J connectivity index is 3.02. The second kappa shape index (κ2) is 4.72. The van der Waals surface area contributed by atoms with E-state index in [9.17, 15) is 18.0 Å². The molecule has 0 saturated heterocycles. The summed E-state index contributed by atoms with van der Waals surface area (Å²) in [5.74, 6) is 0. The number of pyridine rings is 1. The number of aromatic nitrogens is 1. The number of hydrogen-bond donors (Lipinski definition) is 0. The Kier molecular flexibility index (Phi) is 3.60. The molecule has 2 nitrogen and oxygen atoms in total. The highest BCUT2D eigenvalue weighted by Crippen LogP contribution is 2.31. The van der Waals surface area contributed by atoms with Gasteiger partial charge >= 0.3 is 6.18 Å². The Morgan fingerprint density at radius 1 is 1.40 bits per heavy atom. The van der Waals surface area contributed by atoms with Crippen LogP contribution in [0.4, 0.5) is 13.2 Å². The third-order valence-corrected chi connectivity index (χ3v) is 1.65. The molecule has 0 bridgehead atoms. The molecular weight excluding hydrogens is 207 g/mol. The molecule has 0 aliphatic heterocycles. The molecule has 0 aliphatic rings. The summed E-state index contributed by atoms with van der Waals surface area (Å²) in [6.07, 6.45) is 0.0628. The van der Waals surface area contributed by atoms with Crippen molar-refractivity contribution in [2.45, 2.75) is 12.6 Å². The number of alkyl halides is 3. The number of carbonyl (C=O) groups excluding carboxylic acids is 1. The minimum Gasteiger partial charge on any atom is -0.303 e. The minimum atomic E-state index is -4.42. The fourth-order valence-electron chi connectivity index (χ4n) is 1.03. The highest BCUT2D eigenvalue weighted by Gasteiger charge is 2.32. The quantitative estimate of drug-likeness (QED) is 0.725. The monoisotopic (exact) mass is 215 g/mol. The fraction of sp³-hybridized carbons (Fsp3) is 0.200. The predicted molar refractivity (Wildman–Crippen MR) is 49.0 cm³/mol. The zero-order valence-corrected chi connectivity index (χ0v) is 7.66. The number of rotatable bonds is 3. The van der Waals surface area contributed by atoms with Crippen LogP contribution in [-0.2, 0) is 11.0 Å². The number of nitrogens with zero attached hydrogens (tertiary/aromatic N) is 1. The smallest absolute Gasteiger partial charge is 0.303 e. The first-order valence-corrected chi connectivity index (χ1v) is 4.18. The van der Waals surface area contributed by atoms with E-state index < -0.39 is 11.7 Å². The minimum absolute atomic E-state index is 0.0773. The maximum atomic E-state index is 12.4. The van der Waals surface area contributed by atoms with Gasteiger partial charge in [0.2, 0.25) is 0 Å². The van der Waals surface area contributed by atoms with Crippen LogP contribution in [-0.4, -0.2) is 11.3 Å². The standard InChI is InChI=1S/C10H8F3NO/c11-10(12,13)8-4-3-6-14-9(8)5-1-2-7-15/h1,3-7H,2H2. The number of carbonyl (C=O) groups is 1. The average Bonchev–Trinajstić information content (AvgIpc) is 2.17. The summed E-state index contributed by atoms with van der Waals surface area (Å²) < 4.78 is 37.2. The van der Waals surface area contributed by atoms with E-state index in [1.165, 1.54) is 24.4 Å². The van der Waals surface area contributed by atoms with Crippen molar-refractivity contribution >= 4 is 12.4 Å². The first kappa shape index (κ1) is 11.4. The average molecular weight is 215 g/mol. The van der Waals surface area contributed by atoms with Crippen LogP contribution in [0.2, 0.25) is 0 Å². The zero-order chi connectivity index (χ0) is 11.3. The summed E-state index contributed by atoms with van der Waals surface area (Å²) in [7, 11) is 0. The third-order valence-electron chi connectivity index (χ3n) is 1.65. The van der Waals surface area contributed by atoms with Crippen molar-refractivity contribution in [2.75, 3.05) is 0 Å². The van der Waals surface area contributed by atoms with Crippen LogP contribution in [0.15, 0.2) is 24.4 Å². The number of hydrogen-bond acceptors (Lipinski definition) is 2. The topological polar surface area (TPSA) is 30.0 Å². The van der Waals surface area contributed by atoms with Crippen molar-refractivity contribution in [3.63, 3.8) is 0 Å². The summed E-state index contributed by atoms with van der Waals surface area (Å²) in [5, 5.41) is 0. The Morgan fingerprint density at radius 3 is 2.73 bits per heavy atom. The Hall–Kier alpha value is -1.65. The van der Waals surface area contributed by atoms with Gasteiger partial charge in [-0.2, -0.15) is 13.2 Å². The Morgan fingerprint density at radius 2 is 2.13 bits per heavy atom. The van der Waals surface area contributed by atoms with Crippen molar-refractivity contribution in [2.24, 2.45) is 0 Å². The van der Waals surface area contributed by atoms with Gasteiger partial charge in [0.25, 0.3) is 0 Å². The van der Waals surface area contributed by atoms with Gasteiger partial charge in [-0.25, -0.2) is 0 Å². The number of aldehydes is 1. The molecule has 80 valence electrons. The van der Waals surface area contributed by atoms with E-state index in [1.807, 2.05) is 0 Å². The molecule has 0 spiro atoms. The Labute approximate surface area is 84.4 Å². The highest BCUT2D eigenvalue weighted by molar-refractivity contribution is 5.58. The van der Waals surface area contributed by atoms with Gasteiger partial charge in [-0.15, -0.1) is 0 Å². The van der Waals surface area contributed by atoms with E-state index in [4.69, 9.17) is 0 Å². The van der Waals surface area contributed by atoms with Crippen molar-refractivity contribution in [1.29, 1.82) is 0 Å². The van der Waals surface area contributed by atoms with Crippen LogP contribution in [0, 0.1) is 0 Å². The van der Waals surface area contributed by atoms with Gasteiger partial charge in [0.1, 0.15) is 6.29 Å². The molecule has 0 amide bonds. The van der Waals surface area contributed by atoms with Crippen LogP contribution in [0.5, 0.6) is 0 Å². The second-order valence-corrected chi connectivity index (χ2v) is 2.74. The third kappa shape index (κ3) is 3.19. The molecule has 0 aliphatic carbocycles. The summed E-state index contributed by atoms with van der Waals surface area (Å²) in [6.45, 7) is 0. The van der Waals surface area contributed by atoms with Gasteiger partial charge in [-0.1, -0.05) is 6.08 Å². The SMILES string of the molecule is O=CCC=Cc1ncccc1C(F)(F)F. The molecule has 5 heteroatoms. The lowest BCUT2D eigenvalue weighted by molar-refractivity contribution is -0.138. The molecular formula is C10H8F3NO. The van der Waals surface area contributed by atoms with Crippen LogP contribution < -0.4 is 0 Å². The van der Waals surface area contributed by atoms with E-state index >= 15 is 0 Å². The molecule has 0 aromatic carbocycles. The molecule has 1 rings (SSSR count). The van der Waals surface area contributed by atoms with Gasteiger partial charge in [0.15, 0.2) is 0 Å². The molecule has 1 heterocycles. The van der Waals surface area contributed by atoms with Crippen LogP contribution in [0.3, 0.4) is 0 Å². The second-order valence-electron chi connectivity index (χ2n) is 2.74. The summed E-state index contributed by atoms with van der Waals surface area (Å²) in [4.78, 5) is 13.6. The van der Waals surface area contributed by atoms with E-state index in [1.54, 1.807) is 0 Å². The maximum Gasteiger partial charge on any atom is 0.418 e. The number of halogens is 3. The van der Waals surface area contributed by atoms with E-state index in [0.717, 1.165) is 6.07 Å². The molecule has 1 aromatic heterocycles. The van der Waals surface area contributed by atoms with Crippen LogP contribution in [0.25, 0.3) is 6.08 Å². The first-order valence-electron chi connectivity index (χ1n) is 4.18. The molecule has 15 heavy (non-hydrogen) atoms. The maximum absolute atomic E-state index is 12.4. The van der Waals surface area contributed by atoms with Gasteiger partial charge in [0.05, 0.1) is 11.3 Å². The summed E-state index contributed by atoms with van der Waals surface area (Å²) in [6, 6.07) is 2.17. The van der Waals surface area contributed by atoms with E-state index in [0.29, 0.717) is 6.29 Å². The predicted octanol–water partition coefficient (Wildman–Crippen LogP) is 2.70. The van der Waals surface area contributed by atoms with E-state index in [2.05, 4.69) is 4.98 Å². The van der Waals surface area contributed by atoms with Crippen molar-refractivity contribution in [3.8, 4) is 0 Å². The lowest BCUT2D eigenvalue weighted by Crippen LogP contribution is -2.08. The molecule has 0 unspecified atom stereocenters.